The summed E-state index contributed by atoms with van der Waals surface area (Å²) in [5.41, 5.74) is 0. The summed E-state index contributed by atoms with van der Waals surface area (Å²) in [4.78, 5) is 72.7. The van der Waals surface area contributed by atoms with Crippen LogP contribution in [0.3, 0.4) is 0 Å². The van der Waals surface area contributed by atoms with Gasteiger partial charge in [-0.25, -0.2) is 9.13 Å². The van der Waals surface area contributed by atoms with Crippen molar-refractivity contribution in [1.29, 1.82) is 0 Å². The number of ether oxygens (including phenoxy) is 4. The predicted octanol–water partition coefficient (Wildman–Crippen LogP) is 21.6. The van der Waals surface area contributed by atoms with Gasteiger partial charge in [0.15, 0.2) is 12.2 Å². The zero-order valence-electron chi connectivity index (χ0n) is 60.6. The Kier molecular flexibility index (Phi) is 64.6. The summed E-state index contributed by atoms with van der Waals surface area (Å²) in [5, 5.41) is 10.6. The van der Waals surface area contributed by atoms with Gasteiger partial charge >= 0.3 is 39.5 Å². The van der Waals surface area contributed by atoms with Crippen molar-refractivity contribution in [3.05, 3.63) is 0 Å². The molecule has 0 rings (SSSR count). The van der Waals surface area contributed by atoms with Crippen LogP contribution in [0.1, 0.15) is 382 Å². The van der Waals surface area contributed by atoms with Gasteiger partial charge in [0.25, 0.3) is 0 Å². The fourth-order valence-corrected chi connectivity index (χ4v) is 12.8. The maximum atomic E-state index is 13.1. The maximum absolute atomic E-state index is 13.1. The van der Waals surface area contributed by atoms with Gasteiger partial charge in [0.2, 0.25) is 0 Å². The second-order valence-corrected chi connectivity index (χ2v) is 30.3. The molecule has 0 bridgehead atoms. The van der Waals surface area contributed by atoms with Crippen LogP contribution in [0.2, 0.25) is 0 Å². The van der Waals surface area contributed by atoms with Crippen LogP contribution in [0.15, 0.2) is 0 Å². The number of carbonyl (C=O) groups excluding carboxylic acids is 4. The lowest BCUT2D eigenvalue weighted by Gasteiger charge is -2.21. The lowest BCUT2D eigenvalue weighted by atomic mass is 9.99. The van der Waals surface area contributed by atoms with Gasteiger partial charge in [0.1, 0.15) is 19.3 Å². The molecule has 3 unspecified atom stereocenters. The van der Waals surface area contributed by atoms with Gasteiger partial charge in [-0.2, -0.15) is 0 Å². The van der Waals surface area contributed by atoms with E-state index in [4.69, 9.17) is 37.0 Å². The largest absolute Gasteiger partial charge is 0.472 e. The molecule has 0 aromatic rings. The van der Waals surface area contributed by atoms with Crippen molar-refractivity contribution in [3.63, 3.8) is 0 Å². The fourth-order valence-electron chi connectivity index (χ4n) is 11.3. The number of hydrogen-bond acceptors (Lipinski definition) is 15. The smallest absolute Gasteiger partial charge is 0.462 e. The van der Waals surface area contributed by atoms with Crippen LogP contribution in [0.4, 0.5) is 0 Å². The first-order valence-electron chi connectivity index (χ1n) is 38.5. The van der Waals surface area contributed by atoms with Gasteiger partial charge in [-0.1, -0.05) is 330 Å². The number of phosphoric acid groups is 2. The Morgan fingerprint density at radius 1 is 0.312 bits per heavy atom. The molecule has 552 valence electrons. The van der Waals surface area contributed by atoms with Crippen molar-refractivity contribution in [2.24, 2.45) is 11.8 Å². The van der Waals surface area contributed by atoms with E-state index in [2.05, 4.69) is 41.5 Å². The van der Waals surface area contributed by atoms with Crippen molar-refractivity contribution >= 4 is 39.5 Å². The molecule has 93 heavy (non-hydrogen) atoms. The summed E-state index contributed by atoms with van der Waals surface area (Å²) in [5.74, 6) is -0.514. The monoisotopic (exact) mass is 1370 g/mol. The summed E-state index contributed by atoms with van der Waals surface area (Å²) >= 11 is 0. The van der Waals surface area contributed by atoms with E-state index in [1.807, 2.05) is 0 Å². The van der Waals surface area contributed by atoms with E-state index >= 15 is 0 Å². The molecule has 0 aliphatic rings. The minimum atomic E-state index is -4.96. The van der Waals surface area contributed by atoms with Gasteiger partial charge in [-0.05, 0) is 37.5 Å². The van der Waals surface area contributed by atoms with Crippen LogP contribution >= 0.6 is 15.6 Å². The molecular formula is C74H144O17P2. The lowest BCUT2D eigenvalue weighted by Crippen LogP contribution is -2.30. The van der Waals surface area contributed by atoms with Crippen LogP contribution in [0.5, 0.6) is 0 Å². The SMILES string of the molecule is CCCCCCCCCCCCCCCCC(=O)O[C@H](COC(=O)CCCCCCCCCC)COP(=O)(O)OC[C@H](O)COP(=O)(O)OC[C@@H](COC(=O)CCCCCCCCCCCCC(C)CC)OC(=O)CCCCCCCCCCCCCCCCC(C)C. The van der Waals surface area contributed by atoms with Crippen molar-refractivity contribution in [2.45, 2.75) is 400 Å². The highest BCUT2D eigenvalue weighted by molar-refractivity contribution is 7.47. The van der Waals surface area contributed by atoms with Crippen LogP contribution < -0.4 is 0 Å². The molecule has 0 radical (unpaired) electrons. The normalized spacial score (nSPS) is 14.3. The Morgan fingerprint density at radius 2 is 0.548 bits per heavy atom. The molecule has 0 fully saturated rings. The number of aliphatic hydroxyl groups excluding tert-OH is 1. The maximum Gasteiger partial charge on any atom is 0.472 e. The molecule has 0 amide bonds. The van der Waals surface area contributed by atoms with Crippen LogP contribution in [-0.4, -0.2) is 96.7 Å². The van der Waals surface area contributed by atoms with Crippen molar-refractivity contribution < 1.29 is 80.2 Å². The van der Waals surface area contributed by atoms with E-state index in [1.54, 1.807) is 0 Å². The minimum Gasteiger partial charge on any atom is -0.462 e. The van der Waals surface area contributed by atoms with Gasteiger partial charge in [-0.3, -0.25) is 37.3 Å². The Morgan fingerprint density at radius 3 is 0.817 bits per heavy atom. The zero-order chi connectivity index (χ0) is 68.6. The third kappa shape index (κ3) is 67.0. The third-order valence-electron chi connectivity index (χ3n) is 17.6. The molecule has 0 spiro atoms. The number of aliphatic hydroxyl groups is 1. The summed E-state index contributed by atoms with van der Waals surface area (Å²) in [6.45, 7) is 9.61. The van der Waals surface area contributed by atoms with E-state index in [0.29, 0.717) is 25.7 Å². The summed E-state index contributed by atoms with van der Waals surface area (Å²) in [6, 6.07) is 0. The number of carbonyl (C=O) groups is 4. The van der Waals surface area contributed by atoms with Crippen LogP contribution in [0.25, 0.3) is 0 Å². The summed E-state index contributed by atoms with van der Waals surface area (Å²) < 4.78 is 68.4. The Hall–Kier alpha value is -1.94. The van der Waals surface area contributed by atoms with Gasteiger partial charge in [0, 0.05) is 25.7 Å². The highest BCUT2D eigenvalue weighted by atomic mass is 31.2. The Balaban J connectivity index is 5.22. The van der Waals surface area contributed by atoms with E-state index in [9.17, 15) is 43.2 Å². The highest BCUT2D eigenvalue weighted by Gasteiger charge is 2.30. The molecule has 0 saturated heterocycles. The van der Waals surface area contributed by atoms with Gasteiger partial charge in [0.05, 0.1) is 26.4 Å². The fraction of sp³-hybridized carbons (Fsp3) is 0.946. The summed E-state index contributed by atoms with van der Waals surface area (Å²) in [7, 11) is -9.90. The lowest BCUT2D eigenvalue weighted by molar-refractivity contribution is -0.161. The standard InChI is InChI=1S/C74H144O17P2/c1-7-10-12-14-16-18-19-20-24-27-34-40-46-52-58-73(78)90-69(62-84-71(76)56-50-44-38-17-15-13-11-8-2)64-88-92(80,81)86-60-68(75)61-87-93(82,83)89-65-70(63-85-72(77)57-51-45-39-33-30-29-32-37-43-49-55-67(6)9-3)91-74(79)59-53-47-41-35-28-25-22-21-23-26-31-36-42-48-54-66(4)5/h66-70,75H,7-65H2,1-6H3,(H,80,81)(H,82,83)/t67?,68-,69+,70+/m0/s1. The number of unbranched alkanes of at least 4 members (excludes halogenated alkanes) is 42. The predicted molar refractivity (Wildman–Crippen MR) is 377 cm³/mol. The number of hydrogen-bond donors (Lipinski definition) is 3. The number of esters is 4. The Labute approximate surface area is 568 Å². The number of rotatable bonds is 73. The third-order valence-corrected chi connectivity index (χ3v) is 19.5. The van der Waals surface area contributed by atoms with Crippen molar-refractivity contribution in [1.82, 2.24) is 0 Å². The van der Waals surface area contributed by atoms with Gasteiger partial charge in [-0.15, -0.1) is 0 Å². The van der Waals surface area contributed by atoms with Gasteiger partial charge < -0.3 is 33.8 Å². The van der Waals surface area contributed by atoms with Crippen LogP contribution in [0, 0.1) is 11.8 Å². The first-order chi connectivity index (χ1) is 44.9. The van der Waals surface area contributed by atoms with Crippen molar-refractivity contribution in [3.8, 4) is 0 Å². The molecule has 19 heteroatoms. The number of phosphoric ester groups is 2. The molecule has 0 aromatic carbocycles. The summed E-state index contributed by atoms with van der Waals surface area (Å²) in [6.07, 6.45) is 52.6. The highest BCUT2D eigenvalue weighted by Crippen LogP contribution is 2.45. The first kappa shape index (κ1) is 91.1. The minimum absolute atomic E-state index is 0.107. The van der Waals surface area contributed by atoms with E-state index < -0.39 is 97.5 Å². The zero-order valence-corrected chi connectivity index (χ0v) is 62.3. The molecule has 17 nitrogen and oxygen atoms in total. The molecular weight excluding hydrogens is 1220 g/mol. The van der Waals surface area contributed by atoms with Crippen LogP contribution in [-0.2, 0) is 65.4 Å². The first-order valence-corrected chi connectivity index (χ1v) is 41.5. The van der Waals surface area contributed by atoms with E-state index in [-0.39, 0.29) is 25.7 Å². The average molecular weight is 1370 g/mol. The molecule has 0 saturated carbocycles. The molecule has 0 heterocycles. The van der Waals surface area contributed by atoms with Crippen molar-refractivity contribution in [2.75, 3.05) is 39.6 Å². The molecule has 0 aromatic heterocycles. The molecule has 3 N–H and O–H groups in total. The molecule has 0 aliphatic carbocycles. The second kappa shape index (κ2) is 66.0. The molecule has 6 atom stereocenters. The van der Waals surface area contributed by atoms with E-state index in [0.717, 1.165) is 108 Å². The second-order valence-electron chi connectivity index (χ2n) is 27.4. The molecule has 0 aliphatic heterocycles. The Bertz CT molecular complexity index is 1810. The van der Waals surface area contributed by atoms with E-state index in [1.165, 1.54) is 193 Å². The quantitative estimate of drug-likeness (QED) is 0.0222. The average Bonchev–Trinajstić information content (AvgIpc) is 3.15. The topological polar surface area (TPSA) is 237 Å².